The van der Waals surface area contributed by atoms with Crippen LogP contribution < -0.4 is 0 Å². The number of sulfone groups is 1. The Bertz CT molecular complexity index is 888. The number of ether oxygens (including phenoxy) is 1. The van der Waals surface area contributed by atoms with Crippen LogP contribution in [0, 0.1) is 0 Å². The topological polar surface area (TPSA) is 64.4 Å². The summed E-state index contributed by atoms with van der Waals surface area (Å²) in [6.45, 7) is 9.56. The van der Waals surface area contributed by atoms with Crippen LogP contribution in [0.2, 0.25) is 0 Å². The zero-order valence-electron chi connectivity index (χ0n) is 18.5. The number of benzene rings is 1. The van der Waals surface area contributed by atoms with Gasteiger partial charge in [0.25, 0.3) is 0 Å². The second-order valence-corrected chi connectivity index (χ2v) is 10.8. The molecule has 0 radical (unpaired) electrons. The first-order valence-corrected chi connectivity index (χ1v) is 12.6. The third-order valence-corrected chi connectivity index (χ3v) is 7.73. The Morgan fingerprint density at radius 1 is 1.27 bits per heavy atom. The minimum absolute atomic E-state index is 0.192. The lowest BCUT2D eigenvalue weighted by molar-refractivity contribution is 0.0697. The van der Waals surface area contributed by atoms with E-state index in [1.165, 1.54) is 5.56 Å². The molecule has 1 aromatic carbocycles. The SMILES string of the molecule is CCCN(Cc1cnc(S(=O)(=O)C(C)C)n1CCc1ccccc1)CC1CCCO1. The fraction of sp³-hybridized carbons (Fsp3) is 0.609. The second kappa shape index (κ2) is 10.6. The molecule has 0 saturated carbocycles. The van der Waals surface area contributed by atoms with E-state index in [0.717, 1.165) is 51.1 Å². The Labute approximate surface area is 181 Å². The van der Waals surface area contributed by atoms with Crippen molar-refractivity contribution >= 4 is 9.84 Å². The fourth-order valence-electron chi connectivity index (χ4n) is 3.94. The van der Waals surface area contributed by atoms with Crippen molar-refractivity contribution in [2.24, 2.45) is 0 Å². The minimum Gasteiger partial charge on any atom is -0.377 e. The molecule has 7 heteroatoms. The van der Waals surface area contributed by atoms with E-state index in [2.05, 4.69) is 28.9 Å². The highest BCUT2D eigenvalue weighted by molar-refractivity contribution is 7.91. The van der Waals surface area contributed by atoms with Crippen LogP contribution in [0.4, 0.5) is 0 Å². The Balaban J connectivity index is 1.85. The molecule has 2 heterocycles. The number of nitrogens with zero attached hydrogens (tertiary/aromatic N) is 3. The standard InChI is InChI=1S/C23H35N3O3S/c1-4-13-25(18-22-11-8-15-29-22)17-21-16-24-23(30(27,28)19(2)3)26(21)14-12-20-9-6-5-7-10-20/h5-7,9-10,16,19,22H,4,8,11-15,17-18H2,1-3H3. The summed E-state index contributed by atoms with van der Waals surface area (Å²) in [6.07, 6.45) is 6.05. The van der Waals surface area contributed by atoms with Crippen molar-refractivity contribution in [2.45, 2.75) is 76.1 Å². The van der Waals surface area contributed by atoms with Gasteiger partial charge in [-0.1, -0.05) is 37.3 Å². The third-order valence-electron chi connectivity index (χ3n) is 5.65. The number of imidazole rings is 1. The highest BCUT2D eigenvalue weighted by atomic mass is 32.2. The Kier molecular flexibility index (Phi) is 8.08. The van der Waals surface area contributed by atoms with E-state index in [-0.39, 0.29) is 11.3 Å². The first kappa shape index (κ1) is 23.0. The average molecular weight is 434 g/mol. The number of hydrogen-bond acceptors (Lipinski definition) is 5. The molecule has 1 unspecified atom stereocenters. The van der Waals surface area contributed by atoms with Crippen LogP contribution in [0.3, 0.4) is 0 Å². The van der Waals surface area contributed by atoms with Crippen LogP contribution in [0.5, 0.6) is 0 Å². The molecule has 0 bridgehead atoms. The molecule has 3 rings (SSSR count). The molecule has 30 heavy (non-hydrogen) atoms. The maximum Gasteiger partial charge on any atom is 0.228 e. The van der Waals surface area contributed by atoms with Crippen molar-refractivity contribution in [3.05, 3.63) is 47.8 Å². The first-order chi connectivity index (χ1) is 14.4. The zero-order valence-corrected chi connectivity index (χ0v) is 19.3. The van der Waals surface area contributed by atoms with E-state index in [0.29, 0.717) is 13.1 Å². The molecule has 1 aliphatic heterocycles. The van der Waals surface area contributed by atoms with Crippen molar-refractivity contribution in [3.63, 3.8) is 0 Å². The Hall–Kier alpha value is -1.70. The van der Waals surface area contributed by atoms with Crippen LogP contribution in [-0.2, 0) is 34.1 Å². The van der Waals surface area contributed by atoms with Gasteiger partial charge < -0.3 is 9.30 Å². The third kappa shape index (κ3) is 5.71. The zero-order chi connectivity index (χ0) is 21.6. The number of hydrogen-bond donors (Lipinski definition) is 0. The molecule has 0 spiro atoms. The summed E-state index contributed by atoms with van der Waals surface area (Å²) >= 11 is 0. The van der Waals surface area contributed by atoms with Gasteiger partial charge in [0.1, 0.15) is 0 Å². The lowest BCUT2D eigenvalue weighted by atomic mass is 10.1. The lowest BCUT2D eigenvalue weighted by Crippen LogP contribution is -2.33. The van der Waals surface area contributed by atoms with Gasteiger partial charge in [-0.25, -0.2) is 13.4 Å². The average Bonchev–Trinajstić information content (AvgIpc) is 3.37. The monoisotopic (exact) mass is 433 g/mol. The molecule has 1 fully saturated rings. The molecule has 0 amide bonds. The smallest absolute Gasteiger partial charge is 0.228 e. The van der Waals surface area contributed by atoms with Gasteiger partial charge in [-0.2, -0.15) is 0 Å². The van der Waals surface area contributed by atoms with E-state index < -0.39 is 15.1 Å². The van der Waals surface area contributed by atoms with Gasteiger partial charge in [-0.3, -0.25) is 4.90 Å². The molecular weight excluding hydrogens is 398 g/mol. The summed E-state index contributed by atoms with van der Waals surface area (Å²) in [5.74, 6) is 0. The van der Waals surface area contributed by atoms with Gasteiger partial charge in [0.2, 0.25) is 15.0 Å². The van der Waals surface area contributed by atoms with Gasteiger partial charge in [-0.15, -0.1) is 0 Å². The number of aromatic nitrogens is 2. The van der Waals surface area contributed by atoms with Gasteiger partial charge in [0.15, 0.2) is 0 Å². The van der Waals surface area contributed by atoms with E-state index in [1.807, 2.05) is 22.8 Å². The van der Waals surface area contributed by atoms with E-state index >= 15 is 0 Å². The van der Waals surface area contributed by atoms with Gasteiger partial charge in [-0.05, 0) is 51.6 Å². The molecule has 0 aliphatic carbocycles. The maximum absolute atomic E-state index is 13.0. The first-order valence-electron chi connectivity index (χ1n) is 11.1. The number of aryl methyl sites for hydroxylation is 1. The normalized spacial score (nSPS) is 17.3. The molecule has 1 atom stereocenters. The molecule has 1 aliphatic rings. The van der Waals surface area contributed by atoms with Gasteiger partial charge >= 0.3 is 0 Å². The Morgan fingerprint density at radius 3 is 2.67 bits per heavy atom. The fourth-order valence-corrected chi connectivity index (χ4v) is 5.07. The predicted molar refractivity (Wildman–Crippen MR) is 119 cm³/mol. The molecule has 2 aromatic rings. The summed E-state index contributed by atoms with van der Waals surface area (Å²) in [4.78, 5) is 6.76. The molecule has 1 saturated heterocycles. The van der Waals surface area contributed by atoms with Gasteiger partial charge in [0.05, 0.1) is 23.2 Å². The summed E-state index contributed by atoms with van der Waals surface area (Å²) < 4.78 is 33.7. The van der Waals surface area contributed by atoms with Crippen LogP contribution in [0.25, 0.3) is 0 Å². The summed E-state index contributed by atoms with van der Waals surface area (Å²) in [6, 6.07) is 10.2. The summed E-state index contributed by atoms with van der Waals surface area (Å²) in [5, 5.41) is -0.307. The predicted octanol–water partition coefficient (Wildman–Crippen LogP) is 3.70. The van der Waals surface area contributed by atoms with Crippen molar-refractivity contribution in [1.82, 2.24) is 14.5 Å². The van der Waals surface area contributed by atoms with Crippen molar-refractivity contribution < 1.29 is 13.2 Å². The van der Waals surface area contributed by atoms with E-state index in [1.54, 1.807) is 20.0 Å². The lowest BCUT2D eigenvalue weighted by Gasteiger charge is -2.25. The second-order valence-electron chi connectivity index (χ2n) is 8.38. The van der Waals surface area contributed by atoms with Crippen molar-refractivity contribution in [3.8, 4) is 0 Å². The van der Waals surface area contributed by atoms with Crippen LogP contribution >= 0.6 is 0 Å². The summed E-state index contributed by atoms with van der Waals surface area (Å²) in [7, 11) is -3.45. The molecule has 1 aromatic heterocycles. The molecule has 0 N–H and O–H groups in total. The highest BCUT2D eigenvalue weighted by Gasteiger charge is 2.27. The number of rotatable bonds is 11. The van der Waals surface area contributed by atoms with E-state index in [9.17, 15) is 8.42 Å². The summed E-state index contributed by atoms with van der Waals surface area (Å²) in [5.41, 5.74) is 2.14. The van der Waals surface area contributed by atoms with Crippen LogP contribution in [0.1, 0.15) is 51.3 Å². The van der Waals surface area contributed by atoms with E-state index in [4.69, 9.17) is 4.74 Å². The molecular formula is C23H35N3O3S. The largest absolute Gasteiger partial charge is 0.377 e. The molecule has 6 nitrogen and oxygen atoms in total. The van der Waals surface area contributed by atoms with Crippen molar-refractivity contribution in [2.75, 3.05) is 19.7 Å². The van der Waals surface area contributed by atoms with Crippen LogP contribution in [0.15, 0.2) is 41.7 Å². The van der Waals surface area contributed by atoms with Crippen molar-refractivity contribution in [1.29, 1.82) is 0 Å². The maximum atomic E-state index is 13.0. The van der Waals surface area contributed by atoms with Gasteiger partial charge in [0, 0.05) is 26.2 Å². The quantitative estimate of drug-likeness (QED) is 0.541. The highest BCUT2D eigenvalue weighted by Crippen LogP contribution is 2.21. The molecule has 166 valence electrons. The Morgan fingerprint density at radius 2 is 2.03 bits per heavy atom. The minimum atomic E-state index is -3.45. The van der Waals surface area contributed by atoms with Crippen LogP contribution in [-0.4, -0.2) is 53.9 Å².